The van der Waals surface area contributed by atoms with E-state index in [1.807, 2.05) is 0 Å². The molecule has 0 bridgehead atoms. The average Bonchev–Trinajstić information content (AvgIpc) is 2.72. The van der Waals surface area contributed by atoms with Crippen molar-refractivity contribution in [2.45, 2.75) is 37.7 Å². The fourth-order valence-electron chi connectivity index (χ4n) is 2.41. The summed E-state index contributed by atoms with van der Waals surface area (Å²) in [5.41, 5.74) is -1.85. The monoisotopic (exact) mass is 282 g/mol. The van der Waals surface area contributed by atoms with Crippen LogP contribution in [0, 0.1) is 6.92 Å². The van der Waals surface area contributed by atoms with Gasteiger partial charge in [0.1, 0.15) is 11.8 Å². The van der Waals surface area contributed by atoms with Crippen LogP contribution in [0.25, 0.3) is 0 Å². The number of nitrogens with zero attached hydrogens (tertiary/aromatic N) is 1. The maximum absolute atomic E-state index is 11.8. The van der Waals surface area contributed by atoms with Crippen molar-refractivity contribution < 1.29 is 14.9 Å². The standard InChI is InChI=1S/C13H18N2O5/c1-3-4-13(7-16)9(17)5-10(20-13)15-6-8(2)11(18)14-12(15)19/h3,6,9-10,16-17H,1,4-5,7H2,2H3,(H,14,18,19)/t9-,10+,13-/m0/s1. The van der Waals surface area contributed by atoms with Crippen LogP contribution in [0.4, 0.5) is 0 Å². The molecule has 0 aromatic carbocycles. The molecule has 110 valence electrons. The molecule has 1 saturated heterocycles. The lowest BCUT2D eigenvalue weighted by molar-refractivity contribution is -0.126. The lowest BCUT2D eigenvalue weighted by Crippen LogP contribution is -2.43. The van der Waals surface area contributed by atoms with E-state index in [1.165, 1.54) is 10.8 Å². The fourth-order valence-corrected chi connectivity index (χ4v) is 2.41. The van der Waals surface area contributed by atoms with E-state index in [4.69, 9.17) is 4.74 Å². The maximum atomic E-state index is 11.8. The van der Waals surface area contributed by atoms with Crippen LogP contribution in [0.5, 0.6) is 0 Å². The first kappa shape index (κ1) is 14.7. The van der Waals surface area contributed by atoms with Gasteiger partial charge in [-0.05, 0) is 13.3 Å². The summed E-state index contributed by atoms with van der Waals surface area (Å²) in [7, 11) is 0. The topological polar surface area (TPSA) is 105 Å². The summed E-state index contributed by atoms with van der Waals surface area (Å²) in [6.07, 6.45) is 1.69. The number of aryl methyl sites for hydroxylation is 1. The number of aliphatic hydroxyl groups excluding tert-OH is 2. The fraction of sp³-hybridized carbons (Fsp3) is 0.538. The number of aliphatic hydroxyl groups is 2. The lowest BCUT2D eigenvalue weighted by atomic mass is 9.94. The number of ether oxygens (including phenoxy) is 1. The van der Waals surface area contributed by atoms with Crippen LogP contribution in [0.3, 0.4) is 0 Å². The van der Waals surface area contributed by atoms with E-state index in [1.54, 1.807) is 13.0 Å². The van der Waals surface area contributed by atoms with Crippen molar-refractivity contribution >= 4 is 0 Å². The van der Waals surface area contributed by atoms with E-state index in [-0.39, 0.29) is 19.4 Å². The third kappa shape index (κ3) is 2.35. The van der Waals surface area contributed by atoms with E-state index in [0.29, 0.717) is 5.56 Å². The summed E-state index contributed by atoms with van der Waals surface area (Å²) in [5, 5.41) is 19.6. The molecule has 0 radical (unpaired) electrons. The number of aromatic nitrogens is 2. The van der Waals surface area contributed by atoms with Crippen molar-refractivity contribution in [1.82, 2.24) is 9.55 Å². The lowest BCUT2D eigenvalue weighted by Gasteiger charge is -2.28. The van der Waals surface area contributed by atoms with Crippen molar-refractivity contribution in [3.63, 3.8) is 0 Å². The molecule has 3 N–H and O–H groups in total. The highest BCUT2D eigenvalue weighted by Crippen LogP contribution is 2.38. The number of nitrogens with one attached hydrogen (secondary N) is 1. The van der Waals surface area contributed by atoms with Gasteiger partial charge in [0.2, 0.25) is 0 Å². The number of H-pyrrole nitrogens is 1. The van der Waals surface area contributed by atoms with Gasteiger partial charge in [-0.2, -0.15) is 0 Å². The average molecular weight is 282 g/mol. The van der Waals surface area contributed by atoms with E-state index < -0.39 is 29.2 Å². The molecule has 0 aliphatic carbocycles. The van der Waals surface area contributed by atoms with E-state index in [9.17, 15) is 19.8 Å². The Morgan fingerprint density at radius 3 is 2.95 bits per heavy atom. The van der Waals surface area contributed by atoms with Gasteiger partial charge < -0.3 is 14.9 Å². The van der Waals surface area contributed by atoms with Gasteiger partial charge in [0.15, 0.2) is 0 Å². The van der Waals surface area contributed by atoms with E-state index in [0.717, 1.165) is 0 Å². The first-order chi connectivity index (χ1) is 9.43. The largest absolute Gasteiger partial charge is 0.393 e. The van der Waals surface area contributed by atoms with Gasteiger partial charge in [-0.1, -0.05) is 6.08 Å². The van der Waals surface area contributed by atoms with Gasteiger partial charge in [-0.25, -0.2) is 4.79 Å². The number of aromatic amines is 1. The summed E-state index contributed by atoms with van der Waals surface area (Å²) in [6.45, 7) is 4.77. The van der Waals surface area contributed by atoms with Crippen molar-refractivity contribution in [1.29, 1.82) is 0 Å². The molecule has 0 saturated carbocycles. The molecule has 7 heteroatoms. The normalized spacial score (nSPS) is 29.6. The third-order valence-electron chi connectivity index (χ3n) is 3.62. The second-order valence-corrected chi connectivity index (χ2v) is 5.02. The quantitative estimate of drug-likeness (QED) is 0.642. The second kappa shape index (κ2) is 5.35. The summed E-state index contributed by atoms with van der Waals surface area (Å²) < 4.78 is 6.90. The van der Waals surface area contributed by atoms with Crippen LogP contribution in [-0.2, 0) is 4.74 Å². The molecule has 1 fully saturated rings. The summed E-state index contributed by atoms with van der Waals surface area (Å²) >= 11 is 0. The van der Waals surface area contributed by atoms with Crippen molar-refractivity contribution in [2.75, 3.05) is 6.61 Å². The van der Waals surface area contributed by atoms with Crippen molar-refractivity contribution in [2.24, 2.45) is 0 Å². The van der Waals surface area contributed by atoms with Crippen LogP contribution in [0.2, 0.25) is 0 Å². The molecule has 2 rings (SSSR count). The molecule has 0 spiro atoms. The molecule has 0 amide bonds. The smallest absolute Gasteiger partial charge is 0.330 e. The molecule has 1 aliphatic heterocycles. The molecular formula is C13H18N2O5. The third-order valence-corrected chi connectivity index (χ3v) is 3.62. The molecule has 1 aromatic heterocycles. The predicted molar refractivity (Wildman–Crippen MR) is 71.4 cm³/mol. The zero-order valence-corrected chi connectivity index (χ0v) is 11.2. The van der Waals surface area contributed by atoms with Crippen molar-refractivity contribution in [3.05, 3.63) is 45.3 Å². The Kier molecular flexibility index (Phi) is 3.94. The van der Waals surface area contributed by atoms with Crippen LogP contribution in [-0.4, -0.2) is 38.1 Å². The summed E-state index contributed by atoms with van der Waals surface area (Å²) in [5.74, 6) is 0. The molecule has 20 heavy (non-hydrogen) atoms. The van der Waals surface area contributed by atoms with Gasteiger partial charge in [-0.15, -0.1) is 6.58 Å². The summed E-state index contributed by atoms with van der Waals surface area (Å²) in [6, 6.07) is 0. The Morgan fingerprint density at radius 2 is 2.35 bits per heavy atom. The van der Waals surface area contributed by atoms with Gasteiger partial charge in [-0.3, -0.25) is 14.3 Å². The van der Waals surface area contributed by atoms with Gasteiger partial charge in [0, 0.05) is 18.2 Å². The maximum Gasteiger partial charge on any atom is 0.330 e. The number of hydrogen-bond donors (Lipinski definition) is 3. The number of rotatable bonds is 4. The highest BCUT2D eigenvalue weighted by atomic mass is 16.6. The Bertz CT molecular complexity index is 620. The molecule has 1 aliphatic rings. The SMILES string of the molecule is C=CC[C@@]1(CO)O[C@@H](n2cc(C)c(=O)[nH]c2=O)C[C@@H]1O. The first-order valence-electron chi connectivity index (χ1n) is 6.33. The van der Waals surface area contributed by atoms with Crippen molar-refractivity contribution in [3.8, 4) is 0 Å². The minimum atomic E-state index is -1.16. The molecular weight excluding hydrogens is 264 g/mol. The Labute approximate surface area is 115 Å². The molecule has 0 unspecified atom stereocenters. The predicted octanol–water partition coefficient (Wildman–Crippen LogP) is -0.568. The highest BCUT2D eigenvalue weighted by molar-refractivity contribution is 5.04. The molecule has 7 nitrogen and oxygen atoms in total. The van der Waals surface area contributed by atoms with E-state index >= 15 is 0 Å². The van der Waals surface area contributed by atoms with E-state index in [2.05, 4.69) is 11.6 Å². The molecule has 1 aromatic rings. The zero-order chi connectivity index (χ0) is 14.9. The Morgan fingerprint density at radius 1 is 1.65 bits per heavy atom. The van der Waals surface area contributed by atoms with Crippen LogP contribution in [0.1, 0.15) is 24.6 Å². The van der Waals surface area contributed by atoms with Gasteiger partial charge >= 0.3 is 5.69 Å². The first-order valence-corrected chi connectivity index (χ1v) is 6.33. The minimum absolute atomic E-state index is 0.153. The van der Waals surface area contributed by atoms with Crippen LogP contribution >= 0.6 is 0 Å². The highest BCUT2D eigenvalue weighted by Gasteiger charge is 2.47. The molecule has 2 heterocycles. The van der Waals surface area contributed by atoms with Gasteiger partial charge in [0.05, 0.1) is 12.7 Å². The number of hydrogen-bond acceptors (Lipinski definition) is 5. The zero-order valence-electron chi connectivity index (χ0n) is 11.2. The minimum Gasteiger partial charge on any atom is -0.393 e. The Hall–Kier alpha value is -1.70. The molecule has 3 atom stereocenters. The second-order valence-electron chi connectivity index (χ2n) is 5.02. The van der Waals surface area contributed by atoms with Gasteiger partial charge in [0.25, 0.3) is 5.56 Å². The van der Waals surface area contributed by atoms with Crippen LogP contribution in [0.15, 0.2) is 28.4 Å². The van der Waals surface area contributed by atoms with Crippen LogP contribution < -0.4 is 11.2 Å². The summed E-state index contributed by atoms with van der Waals surface area (Å²) in [4.78, 5) is 25.3. The Balaban J connectivity index is 2.37.